The zero-order valence-corrected chi connectivity index (χ0v) is 7.58. The molecule has 0 radical (unpaired) electrons. The van der Waals surface area contributed by atoms with Crippen molar-refractivity contribution in [1.29, 1.82) is 0 Å². The molecule has 0 bridgehead atoms. The summed E-state index contributed by atoms with van der Waals surface area (Å²) in [7, 11) is 1.28. The Morgan fingerprint density at radius 2 is 2.08 bits per heavy atom. The van der Waals surface area contributed by atoms with Crippen LogP contribution in [0.1, 0.15) is 29.0 Å². The van der Waals surface area contributed by atoms with Crippen molar-refractivity contribution >= 4 is 5.97 Å². The Labute approximate surface area is 76.3 Å². The molecule has 0 heterocycles. The molecule has 70 valence electrons. The van der Waals surface area contributed by atoms with E-state index in [0.29, 0.717) is 11.1 Å². The highest BCUT2D eigenvalue weighted by Crippen LogP contribution is 2.21. The van der Waals surface area contributed by atoms with Crippen LogP contribution in [0.25, 0.3) is 0 Å². The number of alkyl halides is 1. The highest BCUT2D eigenvalue weighted by molar-refractivity contribution is 5.91. The van der Waals surface area contributed by atoms with E-state index in [0.717, 1.165) is 0 Å². The number of hydrogen-bond acceptors (Lipinski definition) is 2. The second-order valence-corrected chi connectivity index (χ2v) is 2.69. The van der Waals surface area contributed by atoms with Gasteiger partial charge in [0.05, 0.1) is 12.7 Å². The van der Waals surface area contributed by atoms with E-state index < -0.39 is 12.1 Å². The minimum absolute atomic E-state index is 0.292. The number of carbonyl (C=O) groups is 1. The predicted octanol–water partition coefficient (Wildman–Crippen LogP) is 2.50. The molecule has 0 aliphatic rings. The van der Waals surface area contributed by atoms with E-state index in [1.807, 2.05) is 0 Å². The van der Waals surface area contributed by atoms with Crippen LogP contribution < -0.4 is 0 Å². The fraction of sp³-hybridized carbons (Fsp3) is 0.300. The fourth-order valence-corrected chi connectivity index (χ4v) is 1.14. The number of halogens is 1. The van der Waals surface area contributed by atoms with Gasteiger partial charge in [-0.1, -0.05) is 18.2 Å². The van der Waals surface area contributed by atoms with E-state index in [1.165, 1.54) is 14.0 Å². The number of hydrogen-bond donors (Lipinski definition) is 0. The molecule has 0 aromatic heterocycles. The Hall–Kier alpha value is -1.38. The minimum atomic E-state index is -1.16. The zero-order valence-electron chi connectivity index (χ0n) is 7.58. The second kappa shape index (κ2) is 4.03. The quantitative estimate of drug-likeness (QED) is 0.657. The van der Waals surface area contributed by atoms with Gasteiger partial charge < -0.3 is 4.74 Å². The molecular formula is C10H11FO2. The summed E-state index contributed by atoms with van der Waals surface area (Å²) in [5.41, 5.74) is 0.661. The van der Waals surface area contributed by atoms with Gasteiger partial charge in [0.25, 0.3) is 0 Å². The number of rotatable bonds is 2. The van der Waals surface area contributed by atoms with Gasteiger partial charge in [-0.3, -0.25) is 0 Å². The van der Waals surface area contributed by atoms with Crippen molar-refractivity contribution in [3.8, 4) is 0 Å². The Kier molecular flexibility index (Phi) is 3.01. The minimum Gasteiger partial charge on any atom is -0.465 e. The van der Waals surface area contributed by atoms with Crippen molar-refractivity contribution in [2.24, 2.45) is 0 Å². The number of esters is 1. The van der Waals surface area contributed by atoms with Crippen molar-refractivity contribution < 1.29 is 13.9 Å². The van der Waals surface area contributed by atoms with Gasteiger partial charge in [-0.15, -0.1) is 0 Å². The monoisotopic (exact) mass is 182 g/mol. The topological polar surface area (TPSA) is 26.3 Å². The van der Waals surface area contributed by atoms with Gasteiger partial charge >= 0.3 is 5.97 Å². The molecule has 1 rings (SSSR count). The largest absolute Gasteiger partial charge is 0.465 e. The van der Waals surface area contributed by atoms with E-state index in [2.05, 4.69) is 4.74 Å². The Morgan fingerprint density at radius 3 is 2.62 bits per heavy atom. The molecule has 0 N–H and O–H groups in total. The average molecular weight is 182 g/mol. The van der Waals surface area contributed by atoms with Crippen LogP contribution in [0.2, 0.25) is 0 Å². The molecule has 0 fully saturated rings. The SMILES string of the molecule is COC(=O)c1ccccc1[C@H](C)F. The standard InChI is InChI=1S/C10H11FO2/c1-7(11)8-5-3-4-6-9(8)10(12)13-2/h3-7H,1-2H3/t7-/m0/s1. The summed E-state index contributed by atoms with van der Waals surface area (Å²) in [6.07, 6.45) is -1.16. The highest BCUT2D eigenvalue weighted by Gasteiger charge is 2.14. The zero-order chi connectivity index (χ0) is 9.84. The first-order valence-electron chi connectivity index (χ1n) is 3.98. The lowest BCUT2D eigenvalue weighted by atomic mass is 10.0. The van der Waals surface area contributed by atoms with Gasteiger partial charge in [0.2, 0.25) is 0 Å². The van der Waals surface area contributed by atoms with Crippen LogP contribution in [0.5, 0.6) is 0 Å². The summed E-state index contributed by atoms with van der Waals surface area (Å²) < 4.78 is 17.5. The molecule has 0 saturated carbocycles. The van der Waals surface area contributed by atoms with Gasteiger partial charge in [0.1, 0.15) is 6.17 Å². The second-order valence-electron chi connectivity index (χ2n) is 2.69. The molecule has 13 heavy (non-hydrogen) atoms. The maximum Gasteiger partial charge on any atom is 0.338 e. The number of methoxy groups -OCH3 is 1. The summed E-state index contributed by atoms with van der Waals surface area (Å²) in [4.78, 5) is 11.1. The smallest absolute Gasteiger partial charge is 0.338 e. The van der Waals surface area contributed by atoms with E-state index in [1.54, 1.807) is 24.3 Å². The number of benzene rings is 1. The van der Waals surface area contributed by atoms with Gasteiger partial charge in [0, 0.05) is 5.56 Å². The van der Waals surface area contributed by atoms with Crippen LogP contribution in [-0.4, -0.2) is 13.1 Å². The molecule has 1 atom stereocenters. The van der Waals surface area contributed by atoms with E-state index in [-0.39, 0.29) is 0 Å². The first-order valence-corrected chi connectivity index (χ1v) is 3.98. The lowest BCUT2D eigenvalue weighted by Gasteiger charge is -2.07. The molecule has 0 amide bonds. The van der Waals surface area contributed by atoms with Gasteiger partial charge in [0.15, 0.2) is 0 Å². The van der Waals surface area contributed by atoms with Crippen LogP contribution in [0.4, 0.5) is 4.39 Å². The number of carbonyl (C=O) groups excluding carboxylic acids is 1. The molecular weight excluding hydrogens is 171 g/mol. The molecule has 0 aliphatic heterocycles. The summed E-state index contributed by atoms with van der Waals surface area (Å²) in [5.74, 6) is -0.500. The summed E-state index contributed by atoms with van der Waals surface area (Å²) in [6, 6.07) is 6.50. The third-order valence-corrected chi connectivity index (χ3v) is 1.79. The Balaban J connectivity index is 3.12. The number of ether oxygens (including phenoxy) is 1. The molecule has 0 saturated heterocycles. The van der Waals surface area contributed by atoms with E-state index in [9.17, 15) is 9.18 Å². The van der Waals surface area contributed by atoms with Crippen LogP contribution in [0, 0.1) is 0 Å². The highest BCUT2D eigenvalue weighted by atomic mass is 19.1. The Bertz CT molecular complexity index is 308. The van der Waals surface area contributed by atoms with Crippen LogP contribution >= 0.6 is 0 Å². The van der Waals surface area contributed by atoms with Gasteiger partial charge in [-0.2, -0.15) is 0 Å². The van der Waals surface area contributed by atoms with Crippen LogP contribution in [0.15, 0.2) is 24.3 Å². The fourth-order valence-electron chi connectivity index (χ4n) is 1.14. The summed E-state index contributed by atoms with van der Waals surface area (Å²) >= 11 is 0. The molecule has 3 heteroatoms. The van der Waals surface area contributed by atoms with E-state index >= 15 is 0 Å². The lowest BCUT2D eigenvalue weighted by Crippen LogP contribution is -2.05. The van der Waals surface area contributed by atoms with Crippen LogP contribution in [0.3, 0.4) is 0 Å². The van der Waals surface area contributed by atoms with Crippen molar-refractivity contribution in [2.75, 3.05) is 7.11 Å². The first-order chi connectivity index (χ1) is 6.16. The van der Waals surface area contributed by atoms with Crippen LogP contribution in [-0.2, 0) is 4.74 Å². The maximum atomic E-state index is 13.0. The van der Waals surface area contributed by atoms with Gasteiger partial charge in [-0.05, 0) is 13.0 Å². The molecule has 2 nitrogen and oxygen atoms in total. The summed E-state index contributed by atoms with van der Waals surface area (Å²) in [5, 5.41) is 0. The molecule has 0 spiro atoms. The third kappa shape index (κ3) is 2.05. The van der Waals surface area contributed by atoms with Gasteiger partial charge in [-0.25, -0.2) is 9.18 Å². The first kappa shape index (κ1) is 9.71. The van der Waals surface area contributed by atoms with Crippen molar-refractivity contribution in [1.82, 2.24) is 0 Å². The normalized spacial score (nSPS) is 12.2. The maximum absolute atomic E-state index is 13.0. The lowest BCUT2D eigenvalue weighted by molar-refractivity contribution is 0.0597. The van der Waals surface area contributed by atoms with Crippen molar-refractivity contribution in [3.05, 3.63) is 35.4 Å². The molecule has 0 aliphatic carbocycles. The molecule has 1 aromatic rings. The average Bonchev–Trinajstić information content (AvgIpc) is 2.16. The van der Waals surface area contributed by atoms with Crippen molar-refractivity contribution in [2.45, 2.75) is 13.1 Å². The van der Waals surface area contributed by atoms with Crippen molar-refractivity contribution in [3.63, 3.8) is 0 Å². The Morgan fingerprint density at radius 1 is 1.46 bits per heavy atom. The summed E-state index contributed by atoms with van der Waals surface area (Å²) in [6.45, 7) is 1.39. The third-order valence-electron chi connectivity index (χ3n) is 1.79. The molecule has 0 unspecified atom stereocenters. The van der Waals surface area contributed by atoms with E-state index in [4.69, 9.17) is 0 Å². The predicted molar refractivity (Wildman–Crippen MR) is 47.3 cm³/mol. The molecule has 1 aromatic carbocycles.